The molecule has 1 fully saturated rings. The summed E-state index contributed by atoms with van der Waals surface area (Å²) in [7, 11) is 0. The molecule has 6 nitrogen and oxygen atoms in total. The van der Waals surface area contributed by atoms with E-state index in [-0.39, 0.29) is 18.0 Å². The molecule has 6 heteroatoms. The highest BCUT2D eigenvalue weighted by Crippen LogP contribution is 2.37. The van der Waals surface area contributed by atoms with E-state index in [0.717, 1.165) is 31.4 Å². The van der Waals surface area contributed by atoms with Crippen LogP contribution in [0.5, 0.6) is 0 Å². The number of rotatable bonds is 4. The predicted molar refractivity (Wildman–Crippen MR) is 102 cm³/mol. The van der Waals surface area contributed by atoms with Gasteiger partial charge in [0.25, 0.3) is 0 Å². The Hall–Kier alpha value is -2.11. The van der Waals surface area contributed by atoms with Gasteiger partial charge >= 0.3 is 6.09 Å². The first-order chi connectivity index (χ1) is 12.2. The average molecular weight is 361 g/mol. The second kappa shape index (κ2) is 8.06. The van der Waals surface area contributed by atoms with E-state index in [4.69, 9.17) is 4.74 Å². The van der Waals surface area contributed by atoms with Crippen LogP contribution in [0.4, 0.5) is 10.6 Å². The fourth-order valence-corrected chi connectivity index (χ4v) is 3.31. The molecule has 0 unspecified atom stereocenters. The van der Waals surface area contributed by atoms with Gasteiger partial charge < -0.3 is 9.64 Å². The number of likely N-dealkylation sites (tertiary alicyclic amines) is 1. The quantitative estimate of drug-likeness (QED) is 0.802. The number of hydrogen-bond acceptors (Lipinski definition) is 4. The number of anilines is 1. The first-order valence-electron chi connectivity index (χ1n) is 9.40. The van der Waals surface area contributed by atoms with Crippen LogP contribution in [0.2, 0.25) is 0 Å². The molecule has 0 aliphatic carbocycles. The molecule has 2 rings (SSSR count). The molecule has 26 heavy (non-hydrogen) atoms. The van der Waals surface area contributed by atoms with Crippen molar-refractivity contribution in [3.8, 4) is 0 Å². The van der Waals surface area contributed by atoms with E-state index in [2.05, 4.69) is 4.98 Å². The van der Waals surface area contributed by atoms with Crippen LogP contribution in [-0.2, 0) is 9.53 Å². The topological polar surface area (TPSA) is 62.7 Å². The first kappa shape index (κ1) is 20.2. The molecule has 144 valence electrons. The SMILES string of the molecule is CC[C@H](C)N(C(=O)OC(C)(C)C)c1ncccc1[C@H]1CCCN1C(C)=O. The van der Waals surface area contributed by atoms with Crippen molar-refractivity contribution in [2.45, 2.75) is 78.5 Å². The second-order valence-corrected chi connectivity index (χ2v) is 7.89. The lowest BCUT2D eigenvalue weighted by Gasteiger charge is -2.33. The van der Waals surface area contributed by atoms with Crippen molar-refractivity contribution in [2.24, 2.45) is 0 Å². The van der Waals surface area contributed by atoms with Crippen molar-refractivity contribution < 1.29 is 14.3 Å². The largest absolute Gasteiger partial charge is 0.443 e. The molecule has 0 N–H and O–H groups in total. The van der Waals surface area contributed by atoms with Crippen molar-refractivity contribution in [2.75, 3.05) is 11.4 Å². The third kappa shape index (κ3) is 4.54. The van der Waals surface area contributed by atoms with Gasteiger partial charge in [-0.05, 0) is 53.0 Å². The number of pyridine rings is 1. The zero-order valence-electron chi connectivity index (χ0n) is 16.8. The van der Waals surface area contributed by atoms with Gasteiger partial charge in [0.05, 0.1) is 6.04 Å². The predicted octanol–water partition coefficient (Wildman–Crippen LogP) is 4.31. The summed E-state index contributed by atoms with van der Waals surface area (Å²) in [4.78, 5) is 33.0. The third-order valence-corrected chi connectivity index (χ3v) is 4.68. The van der Waals surface area contributed by atoms with Crippen LogP contribution in [0, 0.1) is 0 Å². The Morgan fingerprint density at radius 2 is 2.12 bits per heavy atom. The highest BCUT2D eigenvalue weighted by atomic mass is 16.6. The van der Waals surface area contributed by atoms with Gasteiger partial charge in [-0.2, -0.15) is 0 Å². The molecule has 1 aromatic rings. The molecule has 1 aromatic heterocycles. The molecule has 0 bridgehead atoms. The minimum atomic E-state index is -0.587. The smallest absolute Gasteiger partial charge is 0.416 e. The summed E-state index contributed by atoms with van der Waals surface area (Å²) in [5.74, 6) is 0.643. The number of nitrogens with zero attached hydrogens (tertiary/aromatic N) is 3. The molecular formula is C20H31N3O3. The van der Waals surface area contributed by atoms with Crippen LogP contribution < -0.4 is 4.90 Å². The van der Waals surface area contributed by atoms with Gasteiger partial charge in [0, 0.05) is 31.3 Å². The maximum atomic E-state index is 12.9. The van der Waals surface area contributed by atoms with Crippen molar-refractivity contribution in [1.82, 2.24) is 9.88 Å². The standard InChI is InChI=1S/C20H31N3O3/c1-7-14(2)23(19(25)26-20(4,5)6)18-16(10-8-12-21-18)17-11-9-13-22(17)15(3)24/h8,10,12,14,17H,7,9,11,13H2,1-6H3/t14-,17+/m0/s1. The monoisotopic (exact) mass is 361 g/mol. The van der Waals surface area contributed by atoms with Crippen LogP contribution in [0.3, 0.4) is 0 Å². The van der Waals surface area contributed by atoms with E-state index < -0.39 is 11.7 Å². The zero-order valence-corrected chi connectivity index (χ0v) is 16.8. The summed E-state index contributed by atoms with van der Waals surface area (Å²) in [5.41, 5.74) is 0.322. The number of carbonyl (C=O) groups is 2. The van der Waals surface area contributed by atoms with Crippen LogP contribution in [0.25, 0.3) is 0 Å². The lowest BCUT2D eigenvalue weighted by Crippen LogP contribution is -2.43. The van der Waals surface area contributed by atoms with E-state index in [9.17, 15) is 9.59 Å². The van der Waals surface area contributed by atoms with Gasteiger partial charge in [0.15, 0.2) is 0 Å². The first-order valence-corrected chi connectivity index (χ1v) is 9.40. The fraction of sp³-hybridized carbons (Fsp3) is 0.650. The van der Waals surface area contributed by atoms with Gasteiger partial charge in [-0.3, -0.25) is 9.69 Å². The van der Waals surface area contributed by atoms with Crippen LogP contribution in [0.1, 0.15) is 72.4 Å². The van der Waals surface area contributed by atoms with Crippen molar-refractivity contribution in [3.63, 3.8) is 0 Å². The lowest BCUT2D eigenvalue weighted by atomic mass is 10.0. The van der Waals surface area contributed by atoms with E-state index >= 15 is 0 Å². The minimum Gasteiger partial charge on any atom is -0.443 e. The Labute approximate surface area is 156 Å². The van der Waals surface area contributed by atoms with Gasteiger partial charge in [0.2, 0.25) is 5.91 Å². The molecule has 1 saturated heterocycles. The molecular weight excluding hydrogens is 330 g/mol. The number of ether oxygens (including phenoxy) is 1. The van der Waals surface area contributed by atoms with E-state index in [1.807, 2.05) is 51.7 Å². The molecule has 2 amide bonds. The molecule has 0 aromatic carbocycles. The minimum absolute atomic E-state index is 0.0506. The zero-order chi connectivity index (χ0) is 19.5. The molecule has 2 heterocycles. The number of aromatic nitrogens is 1. The van der Waals surface area contributed by atoms with E-state index in [0.29, 0.717) is 5.82 Å². The van der Waals surface area contributed by atoms with Crippen LogP contribution >= 0.6 is 0 Å². The van der Waals surface area contributed by atoms with Crippen molar-refractivity contribution in [3.05, 3.63) is 23.9 Å². The van der Waals surface area contributed by atoms with Gasteiger partial charge in [0.1, 0.15) is 11.4 Å². The lowest BCUT2D eigenvalue weighted by molar-refractivity contribution is -0.129. The Morgan fingerprint density at radius 3 is 2.69 bits per heavy atom. The third-order valence-electron chi connectivity index (χ3n) is 4.68. The van der Waals surface area contributed by atoms with Gasteiger partial charge in [-0.25, -0.2) is 9.78 Å². The number of carbonyl (C=O) groups excluding carboxylic acids is 2. The highest BCUT2D eigenvalue weighted by Gasteiger charge is 2.35. The van der Waals surface area contributed by atoms with Gasteiger partial charge in [-0.1, -0.05) is 13.0 Å². The summed E-state index contributed by atoms with van der Waals surface area (Å²) in [6, 6.07) is 3.71. The summed E-state index contributed by atoms with van der Waals surface area (Å²) >= 11 is 0. The van der Waals surface area contributed by atoms with E-state index in [1.165, 1.54) is 0 Å². The maximum Gasteiger partial charge on any atom is 0.416 e. The Kier molecular flexibility index (Phi) is 6.26. The highest BCUT2D eigenvalue weighted by molar-refractivity contribution is 5.88. The fourth-order valence-electron chi connectivity index (χ4n) is 3.31. The van der Waals surface area contributed by atoms with E-state index in [1.54, 1.807) is 18.0 Å². The summed E-state index contributed by atoms with van der Waals surface area (Å²) in [6.45, 7) is 11.9. The van der Waals surface area contributed by atoms with Gasteiger partial charge in [-0.15, -0.1) is 0 Å². The normalized spacial score (nSPS) is 18.5. The Balaban J connectivity index is 2.46. The summed E-state index contributed by atoms with van der Waals surface area (Å²) in [6.07, 6.45) is 3.89. The van der Waals surface area contributed by atoms with Crippen LogP contribution in [0.15, 0.2) is 18.3 Å². The Bertz CT molecular complexity index is 654. The maximum absolute atomic E-state index is 12.9. The Morgan fingerprint density at radius 1 is 1.42 bits per heavy atom. The average Bonchev–Trinajstić information content (AvgIpc) is 3.03. The summed E-state index contributed by atoms with van der Waals surface area (Å²) < 4.78 is 5.64. The summed E-state index contributed by atoms with van der Waals surface area (Å²) in [5, 5.41) is 0. The molecule has 0 radical (unpaired) electrons. The second-order valence-electron chi connectivity index (χ2n) is 7.89. The van der Waals surface area contributed by atoms with Crippen molar-refractivity contribution >= 4 is 17.8 Å². The molecule has 1 aliphatic rings. The van der Waals surface area contributed by atoms with Crippen LogP contribution in [-0.4, -0.2) is 40.1 Å². The van der Waals surface area contributed by atoms with Crippen molar-refractivity contribution in [1.29, 1.82) is 0 Å². The molecule has 0 spiro atoms. The molecule has 0 saturated carbocycles. The molecule has 2 atom stereocenters. The molecule has 1 aliphatic heterocycles. The number of hydrogen-bond donors (Lipinski definition) is 0. The number of amides is 2.